The average molecular weight is 405 g/mol. The van der Waals surface area contributed by atoms with Gasteiger partial charge in [0.1, 0.15) is 0 Å². The van der Waals surface area contributed by atoms with Crippen LogP contribution in [-0.4, -0.2) is 220 Å². The van der Waals surface area contributed by atoms with Gasteiger partial charge in [0.25, 0.3) is 0 Å². The van der Waals surface area contributed by atoms with Gasteiger partial charge in [0.2, 0.25) is 0 Å². The Balaban J connectivity index is 0. The third-order valence-corrected chi connectivity index (χ3v) is 0. The second-order valence-electron chi connectivity index (χ2n) is 0. The molecule has 0 aromatic carbocycles. The van der Waals surface area contributed by atoms with Gasteiger partial charge in [-0.1, -0.05) is 0 Å². The molecule has 0 fully saturated rings. The van der Waals surface area contributed by atoms with E-state index in [9.17, 15) is 0 Å². The summed E-state index contributed by atoms with van der Waals surface area (Å²) in [5.74, 6) is 0. The number of hydrogen-bond donors (Lipinski definition) is 0. The van der Waals surface area contributed by atoms with E-state index >= 15 is 0 Å². The Bertz CT molecular complexity index is 11.6. The standard InChI is InChI=1S/Ba.Ca.Cs.Li.Sr. The Labute approximate surface area is 211 Å². The van der Waals surface area contributed by atoms with Crippen LogP contribution in [0.1, 0.15) is 0 Å². The molecule has 5 heavy (non-hydrogen) atoms. The molecule has 0 unspecified atom stereocenters. The van der Waals surface area contributed by atoms with Gasteiger partial charge in [-0.25, -0.2) is 0 Å². The zero-order chi connectivity index (χ0) is 0. The molecule has 0 aromatic rings. The summed E-state index contributed by atoms with van der Waals surface area (Å²) in [4.78, 5) is 0. The molecule has 0 rings (SSSR count). The Hall–Kier alpha value is 6.96. The maximum absolute atomic E-state index is 0. The van der Waals surface area contributed by atoms with Crippen LogP contribution in [0.2, 0.25) is 0 Å². The van der Waals surface area contributed by atoms with Crippen LogP contribution < -0.4 is 0 Å². The van der Waals surface area contributed by atoms with Crippen molar-refractivity contribution < 1.29 is 0 Å². The molecule has 0 bridgehead atoms. The molecule has 0 saturated heterocycles. The first kappa shape index (κ1) is 29.7. The Morgan fingerprint density at radius 3 is 1.00 bits per heavy atom. The second kappa shape index (κ2) is 22.4. The Kier molecular flexibility index (Phi) is 133. The molecular weight excluding hydrogens is 405 g/mol. The summed E-state index contributed by atoms with van der Waals surface area (Å²) in [5.41, 5.74) is 0. The minimum Gasteiger partial charge on any atom is 0 e. The van der Waals surface area contributed by atoms with Crippen LogP contribution in [0.5, 0.6) is 0 Å². The molecule has 5 heteroatoms. The quantitative estimate of drug-likeness (QED) is 0.414. The van der Waals surface area contributed by atoms with Crippen molar-refractivity contribution in [2.45, 2.75) is 0 Å². The van der Waals surface area contributed by atoms with Gasteiger partial charge in [0, 0.05) is 220 Å². The van der Waals surface area contributed by atoms with Crippen LogP contribution >= 0.6 is 0 Å². The fraction of sp³-hybridized carbons (Fsp3) is 0. The molecule has 0 aromatic heterocycles. The van der Waals surface area contributed by atoms with Crippen LogP contribution in [0.25, 0.3) is 0 Å². The molecular formula is BaCaCsLiSr. The van der Waals surface area contributed by atoms with Crippen LogP contribution in [-0.2, 0) is 0 Å². The van der Waals surface area contributed by atoms with E-state index in [0.717, 1.165) is 0 Å². The van der Waals surface area contributed by atoms with E-state index in [1.54, 1.807) is 0 Å². The summed E-state index contributed by atoms with van der Waals surface area (Å²) in [6.07, 6.45) is 0. The maximum atomic E-state index is 0. The fourth-order valence-electron chi connectivity index (χ4n) is 0. The molecule has 0 aliphatic rings. The minimum absolute atomic E-state index is 0. The van der Waals surface area contributed by atoms with Gasteiger partial charge >= 0.3 is 0 Å². The molecule has 0 nitrogen and oxygen atoms in total. The zero-order valence-electron chi connectivity index (χ0n) is 4.12. The predicted molar refractivity (Wildman–Crippen MR) is 28.8 cm³/mol. The van der Waals surface area contributed by atoms with Crippen molar-refractivity contribution in [1.29, 1.82) is 0 Å². The second-order valence-corrected chi connectivity index (χ2v) is 0. The van der Waals surface area contributed by atoms with Gasteiger partial charge in [0.15, 0.2) is 0 Å². The summed E-state index contributed by atoms with van der Waals surface area (Å²) < 4.78 is 0. The molecule has 0 aliphatic carbocycles. The van der Waals surface area contributed by atoms with Crippen molar-refractivity contribution in [3.8, 4) is 0 Å². The van der Waals surface area contributed by atoms with Crippen molar-refractivity contribution in [2.75, 3.05) is 0 Å². The van der Waals surface area contributed by atoms with Crippen molar-refractivity contribution in [1.82, 2.24) is 0 Å². The third-order valence-electron chi connectivity index (χ3n) is 0. The summed E-state index contributed by atoms with van der Waals surface area (Å²) in [6, 6.07) is 0. The largest absolute Gasteiger partial charge is 0 e. The van der Waals surface area contributed by atoms with Crippen molar-refractivity contribution in [3.05, 3.63) is 0 Å². The topological polar surface area (TPSA) is 0 Å². The van der Waals surface area contributed by atoms with Gasteiger partial charge < -0.3 is 0 Å². The minimum atomic E-state index is 0. The number of hydrogen-bond acceptors (Lipinski definition) is 0. The van der Waals surface area contributed by atoms with E-state index in [1.165, 1.54) is 0 Å². The molecule has 0 amide bonds. The molecule has 0 atom stereocenters. The van der Waals surface area contributed by atoms with Gasteiger partial charge in [-0.15, -0.1) is 0 Å². The van der Waals surface area contributed by atoms with Gasteiger partial charge in [0.05, 0.1) is 0 Å². The van der Waals surface area contributed by atoms with E-state index in [-0.39, 0.29) is 220 Å². The fourth-order valence-corrected chi connectivity index (χ4v) is 0. The number of rotatable bonds is 0. The molecule has 0 N–H and O–H groups in total. The van der Waals surface area contributed by atoms with E-state index in [2.05, 4.69) is 0 Å². The Morgan fingerprint density at radius 2 is 1.00 bits per heavy atom. The van der Waals surface area contributed by atoms with Gasteiger partial charge in [-0.2, -0.15) is 0 Å². The van der Waals surface area contributed by atoms with Crippen molar-refractivity contribution >= 4 is 220 Å². The van der Waals surface area contributed by atoms with Crippen LogP contribution in [0.15, 0.2) is 0 Å². The molecule has 0 saturated carbocycles. The molecule has 0 aliphatic heterocycles. The summed E-state index contributed by atoms with van der Waals surface area (Å²) in [7, 11) is 0. The van der Waals surface area contributed by atoms with E-state index < -0.39 is 0 Å². The normalized spacial score (nSPS) is 0. The summed E-state index contributed by atoms with van der Waals surface area (Å²) in [6.45, 7) is 0. The first-order chi connectivity index (χ1) is 0. The first-order valence-electron chi connectivity index (χ1n) is 0. The average Bonchev–Trinajstić information content (AvgIpc) is 0. The zero-order valence-corrected chi connectivity index (χ0v) is 20.5. The molecule has 0 spiro atoms. The third kappa shape index (κ3) is 18.2. The van der Waals surface area contributed by atoms with Gasteiger partial charge in [-0.3, -0.25) is 0 Å². The summed E-state index contributed by atoms with van der Waals surface area (Å²) >= 11 is 0. The van der Waals surface area contributed by atoms with E-state index in [1.807, 2.05) is 0 Å². The van der Waals surface area contributed by atoms with Crippen LogP contribution in [0.4, 0.5) is 0 Å². The van der Waals surface area contributed by atoms with E-state index in [0.29, 0.717) is 0 Å². The molecule has 8 radical (unpaired) electrons. The molecule has 8 valence electrons. The van der Waals surface area contributed by atoms with Crippen molar-refractivity contribution in [2.24, 2.45) is 0 Å². The summed E-state index contributed by atoms with van der Waals surface area (Å²) in [5, 5.41) is 0. The first-order valence-corrected chi connectivity index (χ1v) is 0. The SMILES string of the molecule is [Ba].[Ca].[Cs].[Li].[Sr]. The Morgan fingerprint density at radius 1 is 1.00 bits per heavy atom. The maximum Gasteiger partial charge on any atom is 0 e. The van der Waals surface area contributed by atoms with E-state index in [4.69, 9.17) is 0 Å². The smallest absolute Gasteiger partial charge is 0 e. The predicted octanol–water partition coefficient (Wildman–Crippen LogP) is -1.90. The van der Waals surface area contributed by atoms with Crippen LogP contribution in [0.3, 0.4) is 0 Å². The van der Waals surface area contributed by atoms with Crippen molar-refractivity contribution in [3.63, 3.8) is 0 Å². The van der Waals surface area contributed by atoms with Gasteiger partial charge in [-0.05, 0) is 0 Å². The van der Waals surface area contributed by atoms with Crippen LogP contribution in [0, 0.1) is 0 Å². The molecule has 0 heterocycles. The monoisotopic (exact) mass is 406 g/mol.